The molecule has 21 heavy (non-hydrogen) atoms. The Kier molecular flexibility index (Phi) is 4.96. The van der Waals surface area contributed by atoms with Crippen LogP contribution in [0.2, 0.25) is 0 Å². The highest BCUT2D eigenvalue weighted by Gasteiger charge is 2.12. The number of benzene rings is 1. The normalized spacial score (nSPS) is 11.5. The maximum Gasteiger partial charge on any atom is 0.252 e. The van der Waals surface area contributed by atoms with Crippen LogP contribution in [0.5, 0.6) is 0 Å². The van der Waals surface area contributed by atoms with Crippen LogP contribution in [0.4, 0.5) is 5.82 Å². The quantitative estimate of drug-likeness (QED) is 0.840. The fraction of sp³-hybridized carbons (Fsp3) is 0.250. The zero-order valence-electron chi connectivity index (χ0n) is 12.4. The number of carbonyl (C=O) groups excluding carboxylic acids is 1. The number of allylic oxidation sites excluding steroid dienone is 1. The summed E-state index contributed by atoms with van der Waals surface area (Å²) in [7, 11) is 0. The number of aromatic nitrogens is 2. The zero-order valence-corrected chi connectivity index (χ0v) is 13.9. The Morgan fingerprint density at radius 3 is 2.86 bits per heavy atom. The van der Waals surface area contributed by atoms with Crippen molar-refractivity contribution in [2.45, 2.75) is 27.2 Å². The molecule has 4 nitrogen and oxygen atoms in total. The van der Waals surface area contributed by atoms with Crippen LogP contribution in [0, 0.1) is 6.92 Å². The molecule has 0 aliphatic rings. The number of halogens is 1. The first-order valence-electron chi connectivity index (χ1n) is 6.82. The predicted octanol–water partition coefficient (Wildman–Crippen LogP) is 4.24. The Morgan fingerprint density at radius 1 is 1.43 bits per heavy atom. The molecule has 0 saturated heterocycles. The first-order chi connectivity index (χ1) is 10.0. The summed E-state index contributed by atoms with van der Waals surface area (Å²) in [5, 5.41) is 7.35. The minimum Gasteiger partial charge on any atom is -0.307 e. The van der Waals surface area contributed by atoms with Gasteiger partial charge in [-0.3, -0.25) is 4.79 Å². The van der Waals surface area contributed by atoms with Gasteiger partial charge in [0.15, 0.2) is 0 Å². The predicted molar refractivity (Wildman–Crippen MR) is 88.7 cm³/mol. The smallest absolute Gasteiger partial charge is 0.252 e. The molecule has 1 N–H and O–H groups in total. The van der Waals surface area contributed by atoms with Crippen molar-refractivity contribution in [1.29, 1.82) is 0 Å². The van der Waals surface area contributed by atoms with E-state index in [1.54, 1.807) is 4.68 Å². The second kappa shape index (κ2) is 6.72. The molecular weight excluding hydrogens is 330 g/mol. The second-order valence-electron chi connectivity index (χ2n) is 4.81. The van der Waals surface area contributed by atoms with Crippen molar-refractivity contribution < 1.29 is 4.79 Å². The third-order valence-electron chi connectivity index (χ3n) is 2.99. The van der Waals surface area contributed by atoms with Gasteiger partial charge in [-0.2, -0.15) is 5.10 Å². The van der Waals surface area contributed by atoms with Gasteiger partial charge in [-0.25, -0.2) is 4.68 Å². The Morgan fingerprint density at radius 2 is 2.19 bits per heavy atom. The van der Waals surface area contributed by atoms with Gasteiger partial charge >= 0.3 is 0 Å². The van der Waals surface area contributed by atoms with E-state index in [-0.39, 0.29) is 5.91 Å². The molecule has 1 aromatic carbocycles. The average molecular weight is 348 g/mol. The van der Waals surface area contributed by atoms with Gasteiger partial charge in [-0.15, -0.1) is 0 Å². The van der Waals surface area contributed by atoms with Crippen LogP contribution in [0.15, 0.2) is 46.5 Å². The lowest BCUT2D eigenvalue weighted by Gasteiger charge is -2.09. The molecule has 0 fully saturated rings. The lowest BCUT2D eigenvalue weighted by molar-refractivity contribution is -0.112. The third-order valence-corrected chi connectivity index (χ3v) is 3.49. The molecular formula is C16H18BrN3O. The maximum atomic E-state index is 12.1. The molecule has 0 aliphatic carbocycles. The second-order valence-corrected chi connectivity index (χ2v) is 5.73. The van der Waals surface area contributed by atoms with E-state index in [2.05, 4.69) is 26.3 Å². The van der Waals surface area contributed by atoms with Crippen LogP contribution in [0.3, 0.4) is 0 Å². The first kappa shape index (κ1) is 15.5. The van der Waals surface area contributed by atoms with Gasteiger partial charge in [-0.05, 0) is 38.5 Å². The van der Waals surface area contributed by atoms with Crippen LogP contribution >= 0.6 is 15.9 Å². The zero-order chi connectivity index (χ0) is 15.4. The summed E-state index contributed by atoms with van der Waals surface area (Å²) < 4.78 is 2.70. The summed E-state index contributed by atoms with van der Waals surface area (Å²) in [6.07, 6.45) is 2.74. The SMILES string of the molecule is CCC=C(C)C(=O)Nc1cc(C)nn1-c1cccc(Br)c1. The lowest BCUT2D eigenvalue weighted by atomic mass is 10.2. The number of nitrogens with one attached hydrogen (secondary N) is 1. The molecule has 0 bridgehead atoms. The molecule has 0 saturated carbocycles. The summed E-state index contributed by atoms with van der Waals surface area (Å²) in [4.78, 5) is 12.1. The van der Waals surface area contributed by atoms with Gasteiger partial charge in [-0.1, -0.05) is 35.0 Å². The standard InChI is InChI=1S/C16H18BrN3O/c1-4-6-11(2)16(21)18-15-9-12(3)19-20(15)14-8-5-7-13(17)10-14/h5-10H,4H2,1-3H3,(H,18,21). The van der Waals surface area contributed by atoms with Crippen LogP contribution in [-0.4, -0.2) is 15.7 Å². The molecule has 110 valence electrons. The van der Waals surface area contributed by atoms with Crippen molar-refractivity contribution in [3.8, 4) is 5.69 Å². The minimum absolute atomic E-state index is 0.104. The summed E-state index contributed by atoms with van der Waals surface area (Å²) >= 11 is 3.45. The van der Waals surface area contributed by atoms with Crippen molar-refractivity contribution >= 4 is 27.7 Å². The van der Waals surface area contributed by atoms with E-state index < -0.39 is 0 Å². The van der Waals surface area contributed by atoms with E-state index in [0.717, 1.165) is 22.3 Å². The number of aryl methyl sites for hydroxylation is 1. The van der Waals surface area contributed by atoms with Crippen LogP contribution in [-0.2, 0) is 4.79 Å². The van der Waals surface area contributed by atoms with E-state index in [4.69, 9.17) is 0 Å². The number of carbonyl (C=O) groups is 1. The number of nitrogens with zero attached hydrogens (tertiary/aromatic N) is 2. The van der Waals surface area contributed by atoms with Gasteiger partial charge in [0.2, 0.25) is 0 Å². The minimum atomic E-state index is -0.104. The summed E-state index contributed by atoms with van der Waals surface area (Å²) in [6, 6.07) is 9.65. The number of hydrogen-bond donors (Lipinski definition) is 1. The Balaban J connectivity index is 2.34. The average Bonchev–Trinajstić information content (AvgIpc) is 2.80. The van der Waals surface area contributed by atoms with Crippen molar-refractivity contribution in [3.63, 3.8) is 0 Å². The third kappa shape index (κ3) is 3.82. The Bertz CT molecular complexity index is 689. The molecule has 0 radical (unpaired) electrons. The number of anilines is 1. The van der Waals surface area contributed by atoms with E-state index in [1.807, 2.05) is 57.2 Å². The molecule has 0 atom stereocenters. The Hall–Kier alpha value is -1.88. The Labute approximate surface area is 133 Å². The van der Waals surface area contributed by atoms with E-state index >= 15 is 0 Å². The first-order valence-corrected chi connectivity index (χ1v) is 7.61. The number of amides is 1. The summed E-state index contributed by atoms with van der Waals surface area (Å²) in [6.45, 7) is 5.72. The van der Waals surface area contributed by atoms with Gasteiger partial charge in [0.25, 0.3) is 5.91 Å². The van der Waals surface area contributed by atoms with Gasteiger partial charge in [0.1, 0.15) is 5.82 Å². The molecule has 0 spiro atoms. The van der Waals surface area contributed by atoms with Crippen molar-refractivity contribution in [3.05, 3.63) is 52.1 Å². The summed E-state index contributed by atoms with van der Waals surface area (Å²) in [5.41, 5.74) is 2.45. The number of hydrogen-bond acceptors (Lipinski definition) is 2. The van der Waals surface area contributed by atoms with Crippen LogP contribution < -0.4 is 5.32 Å². The fourth-order valence-electron chi connectivity index (χ4n) is 2.01. The molecule has 2 rings (SSSR count). The molecule has 0 aliphatic heterocycles. The largest absolute Gasteiger partial charge is 0.307 e. The summed E-state index contributed by atoms with van der Waals surface area (Å²) in [5.74, 6) is 0.562. The van der Waals surface area contributed by atoms with Crippen molar-refractivity contribution in [2.75, 3.05) is 5.32 Å². The van der Waals surface area contributed by atoms with Crippen LogP contribution in [0.1, 0.15) is 26.0 Å². The fourth-order valence-corrected chi connectivity index (χ4v) is 2.39. The highest BCUT2D eigenvalue weighted by atomic mass is 79.9. The molecule has 1 amide bonds. The van der Waals surface area contributed by atoms with E-state index in [9.17, 15) is 4.79 Å². The number of rotatable bonds is 4. The molecule has 1 heterocycles. The molecule has 5 heteroatoms. The highest BCUT2D eigenvalue weighted by molar-refractivity contribution is 9.10. The van der Waals surface area contributed by atoms with Crippen molar-refractivity contribution in [2.24, 2.45) is 0 Å². The van der Waals surface area contributed by atoms with Gasteiger partial charge in [0.05, 0.1) is 11.4 Å². The van der Waals surface area contributed by atoms with E-state index in [1.165, 1.54) is 0 Å². The maximum absolute atomic E-state index is 12.1. The van der Waals surface area contributed by atoms with Crippen LogP contribution in [0.25, 0.3) is 5.69 Å². The van der Waals surface area contributed by atoms with E-state index in [0.29, 0.717) is 11.4 Å². The van der Waals surface area contributed by atoms with Gasteiger partial charge in [0, 0.05) is 16.1 Å². The monoisotopic (exact) mass is 347 g/mol. The highest BCUT2D eigenvalue weighted by Crippen LogP contribution is 2.20. The lowest BCUT2D eigenvalue weighted by Crippen LogP contribution is -2.15. The van der Waals surface area contributed by atoms with Crippen molar-refractivity contribution in [1.82, 2.24) is 9.78 Å². The molecule has 1 aromatic heterocycles. The van der Waals surface area contributed by atoms with Gasteiger partial charge < -0.3 is 5.32 Å². The molecule has 2 aromatic rings. The molecule has 0 unspecified atom stereocenters. The topological polar surface area (TPSA) is 46.9 Å².